The fourth-order valence-corrected chi connectivity index (χ4v) is 3.46. The van der Waals surface area contributed by atoms with E-state index < -0.39 is 5.97 Å². The summed E-state index contributed by atoms with van der Waals surface area (Å²) in [6, 6.07) is 10.5. The van der Waals surface area contributed by atoms with Crippen LogP contribution in [0.3, 0.4) is 0 Å². The zero-order valence-corrected chi connectivity index (χ0v) is 19.5. The lowest BCUT2D eigenvalue weighted by Gasteiger charge is -2.14. The van der Waals surface area contributed by atoms with Crippen LogP contribution in [0, 0.1) is 0 Å². The molecule has 2 rings (SSSR count). The lowest BCUT2D eigenvalue weighted by Crippen LogP contribution is -2.19. The first-order chi connectivity index (χ1) is 15.0. The summed E-state index contributed by atoms with van der Waals surface area (Å²) in [7, 11) is 2.64. The van der Waals surface area contributed by atoms with Gasteiger partial charge in [0.25, 0.3) is 0 Å². The first-order valence-corrected chi connectivity index (χ1v) is 10.8. The summed E-state index contributed by atoms with van der Waals surface area (Å²) in [5.41, 5.74) is 1.31. The van der Waals surface area contributed by atoms with Crippen LogP contribution in [0.2, 0.25) is 10.0 Å². The van der Waals surface area contributed by atoms with Crippen molar-refractivity contribution in [1.29, 1.82) is 0 Å². The fraction of sp³-hybridized carbons (Fsp3) is 0.391. The third-order valence-electron chi connectivity index (χ3n) is 4.44. The van der Waals surface area contributed by atoms with Crippen LogP contribution in [0.1, 0.15) is 43.7 Å². The summed E-state index contributed by atoms with van der Waals surface area (Å²) < 4.78 is 16.4. The van der Waals surface area contributed by atoms with Gasteiger partial charge in [-0.3, -0.25) is 0 Å². The topological polar surface area (TPSA) is 66.3 Å². The largest absolute Gasteiger partial charge is 0.490 e. The molecule has 0 saturated carbocycles. The third-order valence-corrected chi connectivity index (χ3v) is 5.01. The van der Waals surface area contributed by atoms with Gasteiger partial charge in [0, 0.05) is 17.7 Å². The van der Waals surface area contributed by atoms with Crippen LogP contribution in [-0.2, 0) is 21.0 Å². The van der Waals surface area contributed by atoms with Crippen LogP contribution in [0.15, 0.2) is 41.6 Å². The van der Waals surface area contributed by atoms with Gasteiger partial charge < -0.3 is 19.0 Å². The Labute approximate surface area is 193 Å². The molecule has 0 saturated heterocycles. The van der Waals surface area contributed by atoms with Crippen LogP contribution < -0.4 is 9.47 Å². The minimum Gasteiger partial charge on any atom is -0.490 e. The van der Waals surface area contributed by atoms with E-state index in [9.17, 15) is 4.79 Å². The number of halogens is 2. The van der Waals surface area contributed by atoms with Crippen LogP contribution in [-0.4, -0.2) is 32.5 Å². The zero-order valence-electron chi connectivity index (χ0n) is 18.0. The van der Waals surface area contributed by atoms with Gasteiger partial charge in [0.2, 0.25) is 0 Å². The summed E-state index contributed by atoms with van der Waals surface area (Å²) in [4.78, 5) is 16.9. The molecular formula is C23H27Cl2NO5. The predicted molar refractivity (Wildman–Crippen MR) is 122 cm³/mol. The smallest absolute Gasteiger partial charge is 0.360 e. The van der Waals surface area contributed by atoms with E-state index in [0.29, 0.717) is 39.3 Å². The molecule has 6 nitrogen and oxygen atoms in total. The highest BCUT2D eigenvalue weighted by molar-refractivity contribution is 6.43. The van der Waals surface area contributed by atoms with Gasteiger partial charge in [-0.2, -0.15) is 0 Å². The highest BCUT2D eigenvalue weighted by atomic mass is 35.5. The Hall–Kier alpha value is -2.44. The van der Waals surface area contributed by atoms with Crippen molar-refractivity contribution >= 4 is 34.9 Å². The Morgan fingerprint density at radius 1 is 1.00 bits per heavy atom. The molecule has 0 amide bonds. The van der Waals surface area contributed by atoms with Crippen LogP contribution in [0.4, 0.5) is 0 Å². The Balaban J connectivity index is 2.12. The van der Waals surface area contributed by atoms with Gasteiger partial charge >= 0.3 is 5.97 Å². The summed E-state index contributed by atoms with van der Waals surface area (Å²) in [5, 5.41) is 4.55. The molecule has 0 spiro atoms. The Kier molecular flexibility index (Phi) is 10.5. The molecule has 168 valence electrons. The quantitative estimate of drug-likeness (QED) is 0.164. The standard InChI is InChI=1S/C23H27Cl2NO5/c1-4-5-6-9-12-30-22-19(24)13-17(14-20(22)25)31-15-16-10-7-8-11-18(16)21(26-29-3)23(27)28-2/h7-8,10-11,13-14H,4-6,9,12,15H2,1-3H3. The third kappa shape index (κ3) is 7.33. The van der Waals surface area contributed by atoms with E-state index in [4.69, 9.17) is 42.3 Å². The van der Waals surface area contributed by atoms with Crippen molar-refractivity contribution < 1.29 is 23.8 Å². The van der Waals surface area contributed by atoms with Crippen molar-refractivity contribution in [1.82, 2.24) is 0 Å². The normalized spacial score (nSPS) is 11.2. The van der Waals surface area contributed by atoms with Gasteiger partial charge in [-0.15, -0.1) is 0 Å². The molecule has 2 aromatic carbocycles. The summed E-state index contributed by atoms with van der Waals surface area (Å²) in [6.07, 6.45) is 4.38. The molecule has 8 heteroatoms. The maximum Gasteiger partial charge on any atom is 0.360 e. The van der Waals surface area contributed by atoms with E-state index in [-0.39, 0.29) is 12.3 Å². The number of hydrogen-bond donors (Lipinski definition) is 0. The first-order valence-electron chi connectivity index (χ1n) is 10.0. The molecule has 0 aromatic heterocycles. The molecule has 0 atom stereocenters. The van der Waals surface area contributed by atoms with Crippen molar-refractivity contribution in [2.75, 3.05) is 20.8 Å². The summed E-state index contributed by atoms with van der Waals surface area (Å²) >= 11 is 12.7. The lowest BCUT2D eigenvalue weighted by atomic mass is 10.0. The van der Waals surface area contributed by atoms with E-state index in [1.165, 1.54) is 20.6 Å². The summed E-state index contributed by atoms with van der Waals surface area (Å²) in [6.45, 7) is 2.87. The molecule has 31 heavy (non-hydrogen) atoms. The number of carbonyl (C=O) groups excluding carboxylic acids is 1. The van der Waals surface area contributed by atoms with Crippen LogP contribution >= 0.6 is 23.2 Å². The van der Waals surface area contributed by atoms with Crippen molar-refractivity contribution in [2.45, 2.75) is 39.2 Å². The minimum atomic E-state index is -0.610. The van der Waals surface area contributed by atoms with Gasteiger partial charge in [-0.25, -0.2) is 4.79 Å². The van der Waals surface area contributed by atoms with E-state index in [0.717, 1.165) is 19.3 Å². The van der Waals surface area contributed by atoms with Gasteiger partial charge in [0.15, 0.2) is 11.5 Å². The number of methoxy groups -OCH3 is 1. The van der Waals surface area contributed by atoms with Gasteiger partial charge in [0.05, 0.1) is 23.8 Å². The molecule has 0 aliphatic heterocycles. The number of benzene rings is 2. The molecule has 0 bridgehead atoms. The van der Waals surface area contributed by atoms with E-state index in [2.05, 4.69) is 12.1 Å². The minimum absolute atomic E-state index is 0.0482. The van der Waals surface area contributed by atoms with Gasteiger partial charge in [-0.05, 0) is 12.0 Å². The number of ether oxygens (including phenoxy) is 3. The number of carbonyl (C=O) groups is 1. The molecule has 0 fully saturated rings. The second-order valence-corrected chi connectivity index (χ2v) is 7.50. The average Bonchev–Trinajstić information content (AvgIpc) is 2.77. The zero-order chi connectivity index (χ0) is 22.6. The molecule has 0 aliphatic rings. The predicted octanol–water partition coefficient (Wildman–Crippen LogP) is 6.06. The van der Waals surface area contributed by atoms with Crippen LogP contribution in [0.5, 0.6) is 11.5 Å². The first kappa shape index (κ1) is 24.8. The summed E-state index contributed by atoms with van der Waals surface area (Å²) in [5.74, 6) is 0.319. The number of nitrogens with zero attached hydrogens (tertiary/aromatic N) is 1. The van der Waals surface area contributed by atoms with Crippen LogP contribution in [0.25, 0.3) is 0 Å². The lowest BCUT2D eigenvalue weighted by molar-refractivity contribution is -0.132. The number of rotatable bonds is 12. The van der Waals surface area contributed by atoms with E-state index in [1.807, 2.05) is 12.1 Å². The molecule has 0 aliphatic carbocycles. The Morgan fingerprint density at radius 2 is 1.71 bits per heavy atom. The monoisotopic (exact) mass is 467 g/mol. The molecule has 0 radical (unpaired) electrons. The SMILES string of the molecule is CCCCCCOc1c(Cl)cc(OCc2ccccc2C(=NOC)C(=O)OC)cc1Cl. The number of hydrogen-bond acceptors (Lipinski definition) is 6. The molecule has 0 unspecified atom stereocenters. The fourth-order valence-electron chi connectivity index (χ4n) is 2.88. The average molecular weight is 468 g/mol. The number of unbranched alkanes of at least 4 members (excludes halogenated alkanes) is 3. The van der Waals surface area contributed by atoms with Crippen molar-refractivity contribution in [3.8, 4) is 11.5 Å². The molecule has 0 N–H and O–H groups in total. The Morgan fingerprint density at radius 3 is 2.35 bits per heavy atom. The second kappa shape index (κ2) is 13.1. The Bertz CT molecular complexity index is 878. The molecule has 0 heterocycles. The van der Waals surface area contributed by atoms with Crippen molar-refractivity contribution in [3.05, 3.63) is 57.6 Å². The number of oxime groups is 1. The van der Waals surface area contributed by atoms with Gasteiger partial charge in [0.1, 0.15) is 19.5 Å². The van der Waals surface area contributed by atoms with Crippen molar-refractivity contribution in [3.63, 3.8) is 0 Å². The molecular weight excluding hydrogens is 441 g/mol. The van der Waals surface area contributed by atoms with E-state index in [1.54, 1.807) is 24.3 Å². The highest BCUT2D eigenvalue weighted by Crippen LogP contribution is 2.37. The van der Waals surface area contributed by atoms with Crippen molar-refractivity contribution in [2.24, 2.45) is 5.16 Å². The van der Waals surface area contributed by atoms with E-state index >= 15 is 0 Å². The maximum atomic E-state index is 12.1. The second-order valence-electron chi connectivity index (χ2n) is 6.69. The number of esters is 1. The molecule has 2 aromatic rings. The van der Waals surface area contributed by atoms with Gasteiger partial charge in [-0.1, -0.05) is 78.8 Å². The highest BCUT2D eigenvalue weighted by Gasteiger charge is 2.19. The maximum absolute atomic E-state index is 12.1.